The lowest BCUT2D eigenvalue weighted by Crippen LogP contribution is -2.19. The summed E-state index contributed by atoms with van der Waals surface area (Å²) >= 11 is 0. The minimum absolute atomic E-state index is 0.591. The van der Waals surface area contributed by atoms with E-state index in [1.165, 1.54) is 37.2 Å². The zero-order valence-electron chi connectivity index (χ0n) is 9.03. The van der Waals surface area contributed by atoms with Gasteiger partial charge in [-0.15, -0.1) is 0 Å². The number of aromatic nitrogens is 1. The lowest BCUT2D eigenvalue weighted by atomic mass is 10.0. The molecule has 0 amide bonds. The van der Waals surface area contributed by atoms with E-state index in [0.29, 0.717) is 5.92 Å². The van der Waals surface area contributed by atoms with Crippen LogP contribution in [0.15, 0.2) is 18.5 Å². The first kappa shape index (κ1) is 9.50. The van der Waals surface area contributed by atoms with Crippen LogP contribution in [-0.2, 0) is 0 Å². The van der Waals surface area contributed by atoms with Gasteiger partial charge in [-0.1, -0.05) is 13.8 Å². The number of pyridine rings is 1. The van der Waals surface area contributed by atoms with Crippen LogP contribution in [0.2, 0.25) is 0 Å². The van der Waals surface area contributed by atoms with Crippen molar-refractivity contribution in [2.24, 2.45) is 0 Å². The number of rotatable bonds is 2. The maximum atomic E-state index is 4.23. The molecule has 76 valence electrons. The van der Waals surface area contributed by atoms with Crippen LogP contribution >= 0.6 is 0 Å². The Balaban J connectivity index is 2.30. The van der Waals surface area contributed by atoms with E-state index in [0.717, 1.165) is 0 Å². The molecule has 1 aliphatic heterocycles. The quantitative estimate of drug-likeness (QED) is 0.713. The Kier molecular flexibility index (Phi) is 2.71. The van der Waals surface area contributed by atoms with E-state index >= 15 is 0 Å². The molecule has 0 bridgehead atoms. The van der Waals surface area contributed by atoms with Crippen LogP contribution in [0, 0.1) is 0 Å². The fraction of sp³-hybridized carbons (Fsp3) is 0.583. The molecule has 14 heavy (non-hydrogen) atoms. The number of hydrogen-bond acceptors (Lipinski definition) is 2. The molecule has 1 fully saturated rings. The number of anilines is 1. The Morgan fingerprint density at radius 1 is 1.29 bits per heavy atom. The van der Waals surface area contributed by atoms with Crippen molar-refractivity contribution in [3.8, 4) is 0 Å². The molecule has 0 aromatic carbocycles. The molecule has 1 saturated heterocycles. The van der Waals surface area contributed by atoms with Crippen LogP contribution in [0.25, 0.3) is 0 Å². The molecule has 0 N–H and O–H groups in total. The normalized spacial score (nSPS) is 16.6. The molecule has 0 spiro atoms. The van der Waals surface area contributed by atoms with Crippen molar-refractivity contribution in [2.45, 2.75) is 32.6 Å². The largest absolute Gasteiger partial charge is 0.370 e. The van der Waals surface area contributed by atoms with Gasteiger partial charge >= 0.3 is 0 Å². The van der Waals surface area contributed by atoms with Gasteiger partial charge in [0.2, 0.25) is 0 Å². The molecule has 2 nitrogen and oxygen atoms in total. The number of hydrogen-bond donors (Lipinski definition) is 0. The Bertz CT molecular complexity index is 301. The first-order valence-electron chi connectivity index (χ1n) is 5.48. The second-order valence-corrected chi connectivity index (χ2v) is 4.28. The lowest BCUT2D eigenvalue weighted by Gasteiger charge is -2.22. The van der Waals surface area contributed by atoms with Crippen molar-refractivity contribution in [1.29, 1.82) is 0 Å². The van der Waals surface area contributed by atoms with Crippen LogP contribution in [-0.4, -0.2) is 18.1 Å². The van der Waals surface area contributed by atoms with Crippen molar-refractivity contribution in [3.63, 3.8) is 0 Å². The highest BCUT2D eigenvalue weighted by atomic mass is 15.1. The minimum atomic E-state index is 0.591. The van der Waals surface area contributed by atoms with Gasteiger partial charge < -0.3 is 4.90 Å². The van der Waals surface area contributed by atoms with E-state index in [1.807, 2.05) is 12.4 Å². The first-order valence-corrected chi connectivity index (χ1v) is 5.48. The summed E-state index contributed by atoms with van der Waals surface area (Å²) < 4.78 is 0. The molecule has 2 rings (SSSR count). The smallest absolute Gasteiger partial charge is 0.0587 e. The van der Waals surface area contributed by atoms with E-state index < -0.39 is 0 Å². The summed E-state index contributed by atoms with van der Waals surface area (Å²) in [5.74, 6) is 0.591. The maximum absolute atomic E-state index is 4.23. The molecule has 0 radical (unpaired) electrons. The Labute approximate surface area is 86.0 Å². The van der Waals surface area contributed by atoms with Crippen LogP contribution in [0.1, 0.15) is 38.2 Å². The molecule has 1 aromatic heterocycles. The average Bonchev–Trinajstić information content (AvgIpc) is 2.70. The molecule has 0 atom stereocenters. The lowest BCUT2D eigenvalue weighted by molar-refractivity contribution is 0.840. The molecular weight excluding hydrogens is 172 g/mol. The summed E-state index contributed by atoms with van der Waals surface area (Å²) in [7, 11) is 0. The van der Waals surface area contributed by atoms with Gasteiger partial charge in [-0.2, -0.15) is 0 Å². The van der Waals surface area contributed by atoms with Crippen molar-refractivity contribution in [2.75, 3.05) is 18.0 Å². The van der Waals surface area contributed by atoms with Gasteiger partial charge in [-0.3, -0.25) is 4.98 Å². The second kappa shape index (κ2) is 3.99. The highest BCUT2D eigenvalue weighted by Gasteiger charge is 2.16. The van der Waals surface area contributed by atoms with E-state index in [9.17, 15) is 0 Å². The maximum Gasteiger partial charge on any atom is 0.0587 e. The predicted octanol–water partition coefficient (Wildman–Crippen LogP) is 2.81. The van der Waals surface area contributed by atoms with E-state index in [4.69, 9.17) is 0 Å². The zero-order chi connectivity index (χ0) is 9.97. The zero-order valence-corrected chi connectivity index (χ0v) is 9.03. The Morgan fingerprint density at radius 2 is 2.00 bits per heavy atom. The van der Waals surface area contributed by atoms with Crippen molar-refractivity contribution < 1.29 is 0 Å². The summed E-state index contributed by atoms with van der Waals surface area (Å²) in [6.07, 6.45) is 6.56. The summed E-state index contributed by atoms with van der Waals surface area (Å²) in [5.41, 5.74) is 2.78. The standard InChI is InChI=1S/C12H18N2/c1-10(2)11-5-6-13-9-12(11)14-7-3-4-8-14/h5-6,9-10H,3-4,7-8H2,1-2H3. The fourth-order valence-electron chi connectivity index (χ4n) is 2.11. The van der Waals surface area contributed by atoms with Crippen LogP contribution in [0.4, 0.5) is 5.69 Å². The van der Waals surface area contributed by atoms with Gasteiger partial charge in [0, 0.05) is 19.3 Å². The molecular formula is C12H18N2. The van der Waals surface area contributed by atoms with Gasteiger partial charge in [0.15, 0.2) is 0 Å². The van der Waals surface area contributed by atoms with Crippen LogP contribution in [0.5, 0.6) is 0 Å². The summed E-state index contributed by atoms with van der Waals surface area (Å²) in [6.45, 7) is 6.89. The van der Waals surface area contributed by atoms with Crippen LogP contribution in [0.3, 0.4) is 0 Å². The topological polar surface area (TPSA) is 16.1 Å². The van der Waals surface area contributed by atoms with Gasteiger partial charge in [0.25, 0.3) is 0 Å². The van der Waals surface area contributed by atoms with Gasteiger partial charge in [-0.25, -0.2) is 0 Å². The molecule has 1 aliphatic rings. The Hall–Kier alpha value is -1.05. The van der Waals surface area contributed by atoms with Gasteiger partial charge in [0.1, 0.15) is 0 Å². The molecule has 2 heterocycles. The molecule has 0 aliphatic carbocycles. The van der Waals surface area contributed by atoms with Crippen molar-refractivity contribution >= 4 is 5.69 Å². The van der Waals surface area contributed by atoms with Crippen molar-refractivity contribution in [3.05, 3.63) is 24.0 Å². The van der Waals surface area contributed by atoms with E-state index in [1.54, 1.807) is 0 Å². The van der Waals surface area contributed by atoms with E-state index in [2.05, 4.69) is 29.8 Å². The van der Waals surface area contributed by atoms with Crippen molar-refractivity contribution in [1.82, 2.24) is 4.98 Å². The summed E-state index contributed by atoms with van der Waals surface area (Å²) in [5, 5.41) is 0. The van der Waals surface area contributed by atoms with Gasteiger partial charge in [0.05, 0.1) is 11.9 Å². The molecule has 2 heteroatoms. The average molecular weight is 190 g/mol. The molecule has 0 saturated carbocycles. The predicted molar refractivity (Wildman–Crippen MR) is 59.8 cm³/mol. The summed E-state index contributed by atoms with van der Waals surface area (Å²) in [6, 6.07) is 2.15. The van der Waals surface area contributed by atoms with Gasteiger partial charge in [-0.05, 0) is 30.4 Å². The highest BCUT2D eigenvalue weighted by molar-refractivity contribution is 5.53. The minimum Gasteiger partial charge on any atom is -0.370 e. The third kappa shape index (κ3) is 1.74. The SMILES string of the molecule is CC(C)c1ccncc1N1CCCC1. The third-order valence-corrected chi connectivity index (χ3v) is 2.90. The fourth-order valence-corrected chi connectivity index (χ4v) is 2.11. The second-order valence-electron chi connectivity index (χ2n) is 4.28. The third-order valence-electron chi connectivity index (χ3n) is 2.90. The van der Waals surface area contributed by atoms with E-state index in [-0.39, 0.29) is 0 Å². The monoisotopic (exact) mass is 190 g/mol. The first-order chi connectivity index (χ1) is 6.79. The highest BCUT2D eigenvalue weighted by Crippen LogP contribution is 2.28. The van der Waals surface area contributed by atoms with Crippen LogP contribution < -0.4 is 4.90 Å². The summed E-state index contributed by atoms with van der Waals surface area (Å²) in [4.78, 5) is 6.69. The molecule has 1 aromatic rings. The molecule has 0 unspecified atom stereocenters. The Morgan fingerprint density at radius 3 is 2.64 bits per heavy atom. The number of nitrogens with zero attached hydrogens (tertiary/aromatic N) is 2.